The Morgan fingerprint density at radius 1 is 1.37 bits per heavy atom. The topological polar surface area (TPSA) is 101 Å². The molecule has 0 fully saturated rings. The molecule has 0 radical (unpaired) electrons. The number of nitrogens with one attached hydrogen (secondary N) is 1. The number of carbonyl (C=O) groups is 2. The second kappa shape index (κ2) is 8.94. The van der Waals surface area contributed by atoms with Gasteiger partial charge in [-0.25, -0.2) is 4.98 Å². The van der Waals surface area contributed by atoms with Crippen molar-refractivity contribution in [3.63, 3.8) is 0 Å². The molecule has 1 amide bonds. The van der Waals surface area contributed by atoms with Crippen LogP contribution in [-0.4, -0.2) is 26.5 Å². The van der Waals surface area contributed by atoms with E-state index in [1.54, 1.807) is 10.6 Å². The third-order valence-electron chi connectivity index (χ3n) is 4.23. The van der Waals surface area contributed by atoms with Gasteiger partial charge in [0.05, 0.1) is 6.42 Å². The largest absolute Gasteiger partial charge is 0.481 e. The second-order valence-electron chi connectivity index (χ2n) is 6.84. The first kappa shape index (κ1) is 20.8. The smallest absolute Gasteiger partial charge is 0.308 e. The standard InChI is InChI=1S/C19H25N3O4S/c1-5-15-12(4)8-14(18(26)22(15)7-6-11(2)3)17(25)21-19-20-10-13(27-19)9-16(23)24/h8,10-11H,5-7,9H2,1-4H3,(H,23,24)(H,20,21,25). The molecule has 0 unspecified atom stereocenters. The van der Waals surface area contributed by atoms with Gasteiger partial charge in [-0.1, -0.05) is 20.8 Å². The molecule has 0 saturated heterocycles. The number of rotatable bonds is 8. The van der Waals surface area contributed by atoms with E-state index in [2.05, 4.69) is 24.1 Å². The quantitative estimate of drug-likeness (QED) is 0.720. The van der Waals surface area contributed by atoms with Gasteiger partial charge in [-0.2, -0.15) is 0 Å². The molecule has 7 nitrogen and oxygen atoms in total. The van der Waals surface area contributed by atoms with E-state index in [1.165, 1.54) is 6.20 Å². The summed E-state index contributed by atoms with van der Waals surface area (Å²) >= 11 is 1.09. The van der Waals surface area contributed by atoms with Crippen LogP contribution in [0.1, 0.15) is 53.7 Å². The van der Waals surface area contributed by atoms with Gasteiger partial charge in [0.15, 0.2) is 5.13 Å². The third-order valence-corrected chi connectivity index (χ3v) is 5.14. The highest BCUT2D eigenvalue weighted by Gasteiger charge is 2.18. The number of aryl methyl sites for hydroxylation is 1. The lowest BCUT2D eigenvalue weighted by atomic mass is 10.1. The molecule has 0 aliphatic rings. The zero-order chi connectivity index (χ0) is 20.1. The molecule has 2 aromatic rings. The summed E-state index contributed by atoms with van der Waals surface area (Å²) in [5.41, 5.74) is 1.60. The van der Waals surface area contributed by atoms with Crippen LogP contribution in [0.15, 0.2) is 17.1 Å². The molecule has 0 bridgehead atoms. The van der Waals surface area contributed by atoms with Crippen molar-refractivity contribution in [3.8, 4) is 0 Å². The van der Waals surface area contributed by atoms with Gasteiger partial charge in [0.2, 0.25) is 0 Å². The molecule has 2 N–H and O–H groups in total. The van der Waals surface area contributed by atoms with E-state index in [1.807, 2.05) is 13.8 Å². The van der Waals surface area contributed by atoms with Crippen LogP contribution >= 0.6 is 11.3 Å². The number of aliphatic carboxylic acids is 1. The zero-order valence-corrected chi connectivity index (χ0v) is 16.9. The average molecular weight is 391 g/mol. The Kier molecular flexibility index (Phi) is 6.90. The van der Waals surface area contributed by atoms with Gasteiger partial charge in [-0.05, 0) is 37.3 Å². The molecule has 8 heteroatoms. The molecule has 2 aromatic heterocycles. The Morgan fingerprint density at radius 2 is 2.07 bits per heavy atom. The first-order valence-electron chi connectivity index (χ1n) is 8.94. The molecule has 146 valence electrons. The van der Waals surface area contributed by atoms with E-state index in [9.17, 15) is 14.4 Å². The maximum absolute atomic E-state index is 12.9. The van der Waals surface area contributed by atoms with E-state index in [4.69, 9.17) is 5.11 Å². The molecule has 27 heavy (non-hydrogen) atoms. The van der Waals surface area contributed by atoms with Gasteiger partial charge in [0, 0.05) is 23.3 Å². The van der Waals surface area contributed by atoms with Crippen LogP contribution < -0.4 is 10.9 Å². The minimum Gasteiger partial charge on any atom is -0.481 e. The molecule has 0 aliphatic heterocycles. The predicted molar refractivity (Wildman–Crippen MR) is 106 cm³/mol. The highest BCUT2D eigenvalue weighted by atomic mass is 32.1. The Hall–Kier alpha value is -2.48. The molecule has 0 spiro atoms. The fourth-order valence-corrected chi connectivity index (χ4v) is 3.66. The first-order valence-corrected chi connectivity index (χ1v) is 9.75. The Morgan fingerprint density at radius 3 is 2.67 bits per heavy atom. The van der Waals surface area contributed by atoms with Crippen LogP contribution in [0.4, 0.5) is 5.13 Å². The molecule has 2 heterocycles. The highest BCUT2D eigenvalue weighted by molar-refractivity contribution is 7.15. The minimum absolute atomic E-state index is 0.0726. The fraction of sp³-hybridized carbons (Fsp3) is 0.474. The number of pyridine rings is 1. The summed E-state index contributed by atoms with van der Waals surface area (Å²) in [6, 6.07) is 1.62. The van der Waals surface area contributed by atoms with Crippen LogP contribution in [0.3, 0.4) is 0 Å². The van der Waals surface area contributed by atoms with Crippen molar-refractivity contribution >= 4 is 28.3 Å². The third kappa shape index (κ3) is 5.26. The van der Waals surface area contributed by atoms with Crippen molar-refractivity contribution in [1.82, 2.24) is 9.55 Å². The van der Waals surface area contributed by atoms with Gasteiger partial charge in [-0.15, -0.1) is 11.3 Å². The van der Waals surface area contributed by atoms with Crippen LogP contribution in [-0.2, 0) is 24.2 Å². The number of aromatic nitrogens is 2. The molecular weight excluding hydrogens is 366 g/mol. The number of hydrogen-bond acceptors (Lipinski definition) is 5. The van der Waals surface area contributed by atoms with Crippen molar-refractivity contribution in [2.24, 2.45) is 5.92 Å². The van der Waals surface area contributed by atoms with E-state index in [0.717, 1.165) is 29.0 Å². The summed E-state index contributed by atoms with van der Waals surface area (Å²) < 4.78 is 1.70. The fourth-order valence-electron chi connectivity index (χ4n) is 2.86. The van der Waals surface area contributed by atoms with Crippen LogP contribution in [0.25, 0.3) is 0 Å². The van der Waals surface area contributed by atoms with E-state index in [0.29, 0.717) is 23.8 Å². The number of carboxylic acids is 1. The summed E-state index contributed by atoms with van der Waals surface area (Å²) in [4.78, 5) is 40.8. The number of thiazole rings is 1. The van der Waals surface area contributed by atoms with Crippen LogP contribution in [0.5, 0.6) is 0 Å². The summed E-state index contributed by atoms with van der Waals surface area (Å²) in [6.45, 7) is 8.65. The van der Waals surface area contributed by atoms with Gasteiger partial charge < -0.3 is 9.67 Å². The maximum atomic E-state index is 12.9. The maximum Gasteiger partial charge on any atom is 0.308 e. The Bertz CT molecular complexity index is 899. The number of anilines is 1. The molecule has 0 aliphatic carbocycles. The van der Waals surface area contributed by atoms with Crippen LogP contribution in [0, 0.1) is 12.8 Å². The summed E-state index contributed by atoms with van der Waals surface area (Å²) in [7, 11) is 0. The number of amides is 1. The molecular formula is C19H25N3O4S. The zero-order valence-electron chi connectivity index (χ0n) is 16.0. The van der Waals surface area contributed by atoms with Crippen molar-refractivity contribution in [2.45, 2.75) is 53.5 Å². The Labute approximate surface area is 162 Å². The van der Waals surface area contributed by atoms with E-state index < -0.39 is 11.9 Å². The highest BCUT2D eigenvalue weighted by Crippen LogP contribution is 2.19. The van der Waals surface area contributed by atoms with Crippen LogP contribution in [0.2, 0.25) is 0 Å². The SMILES string of the molecule is CCc1c(C)cc(C(=O)Nc2ncc(CC(=O)O)s2)c(=O)n1CCC(C)C. The number of carbonyl (C=O) groups excluding carboxylic acids is 1. The van der Waals surface area contributed by atoms with Gasteiger partial charge in [0.25, 0.3) is 11.5 Å². The lowest BCUT2D eigenvalue weighted by Crippen LogP contribution is -2.32. The molecule has 2 rings (SSSR count). The van der Waals surface area contributed by atoms with Crippen molar-refractivity contribution in [2.75, 3.05) is 5.32 Å². The van der Waals surface area contributed by atoms with E-state index in [-0.39, 0.29) is 22.7 Å². The van der Waals surface area contributed by atoms with Crippen molar-refractivity contribution < 1.29 is 14.7 Å². The summed E-state index contributed by atoms with van der Waals surface area (Å²) in [6.07, 6.45) is 2.83. The second-order valence-corrected chi connectivity index (χ2v) is 7.95. The van der Waals surface area contributed by atoms with Crippen molar-refractivity contribution in [1.29, 1.82) is 0 Å². The lowest BCUT2D eigenvalue weighted by molar-refractivity contribution is -0.136. The Balaban J connectivity index is 2.31. The summed E-state index contributed by atoms with van der Waals surface area (Å²) in [5, 5.41) is 11.7. The molecule has 0 aromatic carbocycles. The number of hydrogen-bond donors (Lipinski definition) is 2. The molecule has 0 saturated carbocycles. The van der Waals surface area contributed by atoms with E-state index >= 15 is 0 Å². The number of carboxylic acid groups (broad SMARTS) is 1. The predicted octanol–water partition coefficient (Wildman–Crippen LogP) is 3.10. The lowest BCUT2D eigenvalue weighted by Gasteiger charge is -2.17. The summed E-state index contributed by atoms with van der Waals surface area (Å²) in [5.74, 6) is -1.04. The minimum atomic E-state index is -0.963. The van der Waals surface area contributed by atoms with Gasteiger partial charge >= 0.3 is 5.97 Å². The normalized spacial score (nSPS) is 11.0. The molecule has 0 atom stereocenters. The van der Waals surface area contributed by atoms with Gasteiger partial charge in [-0.3, -0.25) is 19.7 Å². The monoisotopic (exact) mass is 391 g/mol. The van der Waals surface area contributed by atoms with Crippen molar-refractivity contribution in [3.05, 3.63) is 44.3 Å². The van der Waals surface area contributed by atoms with Gasteiger partial charge in [0.1, 0.15) is 5.56 Å². The number of nitrogens with zero attached hydrogens (tertiary/aromatic N) is 2. The first-order chi connectivity index (χ1) is 12.7. The average Bonchev–Trinajstić information content (AvgIpc) is 3.00.